The Morgan fingerprint density at radius 3 is 1.64 bits per heavy atom. The largest absolute Gasteiger partial charge is 0.462 e. The Bertz CT molecular complexity index is 350. The molecule has 0 amide bonds. The molecule has 0 aliphatic heterocycles. The van der Waals surface area contributed by atoms with Crippen molar-refractivity contribution >= 4 is 11.9 Å². The minimum absolute atomic E-state index is 0.157. The second kappa shape index (κ2) is 15.2. The van der Waals surface area contributed by atoms with Crippen molar-refractivity contribution in [3.63, 3.8) is 0 Å². The number of carbonyl (C=O) groups is 2. The Kier molecular flexibility index (Phi) is 14.6. The van der Waals surface area contributed by atoms with Gasteiger partial charge in [0.2, 0.25) is 0 Å². The predicted molar refractivity (Wildman–Crippen MR) is 102 cm³/mol. The molecule has 0 aromatic carbocycles. The van der Waals surface area contributed by atoms with E-state index in [0.29, 0.717) is 12.8 Å². The van der Waals surface area contributed by atoms with E-state index in [1.165, 1.54) is 12.8 Å². The summed E-state index contributed by atoms with van der Waals surface area (Å²) in [6.07, 6.45) is 9.14. The molecule has 0 rings (SSSR count). The normalized spacial score (nSPS) is 12.4. The highest BCUT2D eigenvalue weighted by molar-refractivity contribution is 5.70. The number of unbranched alkanes of at least 4 members (excludes halogenated alkanes) is 4. The number of hydrogen-bond donors (Lipinski definition) is 0. The summed E-state index contributed by atoms with van der Waals surface area (Å²) >= 11 is 0. The standard InChI is InChI=1S/C21H40O4/c1-17(2)12-8-6-10-14-20(22)24-16-19(5)25-21(23)15-11-7-9-13-18(3)4/h17-19H,6-16H2,1-5H3. The zero-order valence-electron chi connectivity index (χ0n) is 17.1. The van der Waals surface area contributed by atoms with Crippen LogP contribution in [0.5, 0.6) is 0 Å². The van der Waals surface area contributed by atoms with Gasteiger partial charge in [0.15, 0.2) is 0 Å². The lowest BCUT2D eigenvalue weighted by Gasteiger charge is -2.14. The molecule has 0 spiro atoms. The molecule has 4 heteroatoms. The first-order valence-electron chi connectivity index (χ1n) is 10.2. The number of rotatable bonds is 15. The Labute approximate surface area is 155 Å². The van der Waals surface area contributed by atoms with Gasteiger partial charge in [-0.2, -0.15) is 0 Å². The Morgan fingerprint density at radius 2 is 1.16 bits per heavy atom. The molecule has 0 aliphatic rings. The average molecular weight is 357 g/mol. The van der Waals surface area contributed by atoms with Crippen LogP contribution < -0.4 is 0 Å². The summed E-state index contributed by atoms with van der Waals surface area (Å²) in [6.45, 7) is 10.8. The molecule has 1 atom stereocenters. The Hall–Kier alpha value is -1.06. The zero-order valence-corrected chi connectivity index (χ0v) is 17.1. The predicted octanol–water partition coefficient (Wildman–Crippen LogP) is 5.67. The smallest absolute Gasteiger partial charge is 0.306 e. The van der Waals surface area contributed by atoms with Crippen molar-refractivity contribution in [2.24, 2.45) is 11.8 Å². The van der Waals surface area contributed by atoms with Crippen molar-refractivity contribution in [1.29, 1.82) is 0 Å². The van der Waals surface area contributed by atoms with Gasteiger partial charge in [-0.3, -0.25) is 9.59 Å². The molecular weight excluding hydrogens is 316 g/mol. The van der Waals surface area contributed by atoms with Gasteiger partial charge >= 0.3 is 11.9 Å². The average Bonchev–Trinajstić information content (AvgIpc) is 2.51. The van der Waals surface area contributed by atoms with E-state index in [-0.39, 0.29) is 24.6 Å². The maximum atomic E-state index is 11.7. The number of esters is 2. The molecule has 0 fully saturated rings. The molecular formula is C21H40O4. The summed E-state index contributed by atoms with van der Waals surface area (Å²) < 4.78 is 10.5. The molecule has 0 saturated heterocycles. The van der Waals surface area contributed by atoms with E-state index in [4.69, 9.17) is 9.47 Å². The molecule has 0 bridgehead atoms. The molecule has 0 aromatic rings. The summed E-state index contributed by atoms with van der Waals surface area (Å²) in [6, 6.07) is 0. The lowest BCUT2D eigenvalue weighted by atomic mass is 10.0. The van der Waals surface area contributed by atoms with Crippen LogP contribution in [0.3, 0.4) is 0 Å². The van der Waals surface area contributed by atoms with Gasteiger partial charge in [-0.15, -0.1) is 0 Å². The molecule has 0 heterocycles. The molecule has 0 radical (unpaired) electrons. The van der Waals surface area contributed by atoms with Crippen LogP contribution in [0, 0.1) is 11.8 Å². The van der Waals surface area contributed by atoms with E-state index in [9.17, 15) is 9.59 Å². The van der Waals surface area contributed by atoms with Crippen molar-refractivity contribution in [2.45, 2.75) is 105 Å². The van der Waals surface area contributed by atoms with Crippen LogP contribution in [-0.4, -0.2) is 24.6 Å². The lowest BCUT2D eigenvalue weighted by Crippen LogP contribution is -2.22. The summed E-state index contributed by atoms with van der Waals surface area (Å²) in [7, 11) is 0. The Balaban J connectivity index is 3.59. The van der Waals surface area contributed by atoms with Crippen LogP contribution in [0.2, 0.25) is 0 Å². The third-order valence-electron chi connectivity index (χ3n) is 4.14. The summed E-state index contributed by atoms with van der Waals surface area (Å²) in [5.41, 5.74) is 0. The van der Waals surface area contributed by atoms with Crippen LogP contribution in [0.25, 0.3) is 0 Å². The van der Waals surface area contributed by atoms with E-state index in [1.54, 1.807) is 6.92 Å². The summed E-state index contributed by atoms with van der Waals surface area (Å²) in [5, 5.41) is 0. The fourth-order valence-corrected chi connectivity index (χ4v) is 2.60. The summed E-state index contributed by atoms with van der Waals surface area (Å²) in [5.74, 6) is 1.05. The number of carbonyl (C=O) groups excluding carboxylic acids is 2. The van der Waals surface area contributed by atoms with Gasteiger partial charge in [0.05, 0.1) is 0 Å². The highest BCUT2D eigenvalue weighted by Crippen LogP contribution is 2.11. The molecule has 148 valence electrons. The van der Waals surface area contributed by atoms with Crippen molar-refractivity contribution in [3.8, 4) is 0 Å². The van der Waals surface area contributed by atoms with E-state index >= 15 is 0 Å². The molecule has 0 aliphatic carbocycles. The second-order valence-corrected chi connectivity index (χ2v) is 7.97. The molecule has 0 saturated carbocycles. The van der Waals surface area contributed by atoms with Crippen LogP contribution in [0.4, 0.5) is 0 Å². The number of hydrogen-bond acceptors (Lipinski definition) is 4. The van der Waals surface area contributed by atoms with Gasteiger partial charge in [0, 0.05) is 12.8 Å². The summed E-state index contributed by atoms with van der Waals surface area (Å²) in [4.78, 5) is 23.4. The third kappa shape index (κ3) is 17.6. The molecule has 4 nitrogen and oxygen atoms in total. The van der Waals surface area contributed by atoms with Crippen LogP contribution in [0.1, 0.15) is 98.8 Å². The van der Waals surface area contributed by atoms with Gasteiger partial charge in [-0.1, -0.05) is 66.2 Å². The van der Waals surface area contributed by atoms with Crippen LogP contribution in [-0.2, 0) is 19.1 Å². The first kappa shape index (κ1) is 23.9. The lowest BCUT2D eigenvalue weighted by molar-refractivity contribution is -0.158. The van der Waals surface area contributed by atoms with Crippen molar-refractivity contribution in [1.82, 2.24) is 0 Å². The highest BCUT2D eigenvalue weighted by Gasteiger charge is 2.12. The van der Waals surface area contributed by atoms with Gasteiger partial charge in [-0.05, 0) is 31.6 Å². The monoisotopic (exact) mass is 356 g/mol. The topological polar surface area (TPSA) is 52.6 Å². The van der Waals surface area contributed by atoms with Gasteiger partial charge in [0.25, 0.3) is 0 Å². The highest BCUT2D eigenvalue weighted by atomic mass is 16.6. The van der Waals surface area contributed by atoms with E-state index in [2.05, 4.69) is 27.7 Å². The van der Waals surface area contributed by atoms with Crippen molar-refractivity contribution < 1.29 is 19.1 Å². The van der Waals surface area contributed by atoms with Gasteiger partial charge in [0.1, 0.15) is 12.7 Å². The van der Waals surface area contributed by atoms with E-state index < -0.39 is 0 Å². The first-order valence-corrected chi connectivity index (χ1v) is 10.2. The van der Waals surface area contributed by atoms with Crippen molar-refractivity contribution in [2.75, 3.05) is 6.61 Å². The minimum atomic E-state index is -0.368. The van der Waals surface area contributed by atoms with Gasteiger partial charge in [-0.25, -0.2) is 0 Å². The zero-order chi connectivity index (χ0) is 19.1. The SMILES string of the molecule is CC(C)CCCCCC(=O)OCC(C)OC(=O)CCCCCC(C)C. The first-order chi connectivity index (χ1) is 11.8. The molecule has 0 aromatic heterocycles. The van der Waals surface area contributed by atoms with Crippen LogP contribution in [0.15, 0.2) is 0 Å². The van der Waals surface area contributed by atoms with Crippen molar-refractivity contribution in [3.05, 3.63) is 0 Å². The van der Waals surface area contributed by atoms with Gasteiger partial charge < -0.3 is 9.47 Å². The van der Waals surface area contributed by atoms with E-state index in [1.807, 2.05) is 0 Å². The molecule has 0 N–H and O–H groups in total. The quantitative estimate of drug-likeness (QED) is 0.280. The fraction of sp³-hybridized carbons (Fsp3) is 0.905. The third-order valence-corrected chi connectivity index (χ3v) is 4.14. The van der Waals surface area contributed by atoms with Crippen LogP contribution >= 0.6 is 0 Å². The maximum Gasteiger partial charge on any atom is 0.306 e. The number of ether oxygens (including phenoxy) is 2. The molecule has 1 unspecified atom stereocenters. The fourth-order valence-electron chi connectivity index (χ4n) is 2.60. The maximum absolute atomic E-state index is 11.7. The minimum Gasteiger partial charge on any atom is -0.462 e. The second-order valence-electron chi connectivity index (χ2n) is 7.97. The molecule has 25 heavy (non-hydrogen) atoms. The Morgan fingerprint density at radius 1 is 0.680 bits per heavy atom. The van der Waals surface area contributed by atoms with E-state index in [0.717, 1.165) is 50.4 Å².